The largest absolute Gasteiger partial charge is 0.484 e. The van der Waals surface area contributed by atoms with E-state index >= 15 is 0 Å². The van der Waals surface area contributed by atoms with Crippen molar-refractivity contribution in [3.05, 3.63) is 73.9 Å². The monoisotopic (exact) mass is 511 g/mol. The number of H-pyrrole nitrogens is 1. The van der Waals surface area contributed by atoms with Gasteiger partial charge in [-0.05, 0) is 75.6 Å². The molecule has 1 aromatic carbocycles. The van der Waals surface area contributed by atoms with Gasteiger partial charge in [0.15, 0.2) is 0 Å². The van der Waals surface area contributed by atoms with E-state index in [1.165, 1.54) is 35.1 Å². The van der Waals surface area contributed by atoms with Crippen LogP contribution in [0.15, 0.2) is 35.3 Å². The van der Waals surface area contributed by atoms with Crippen LogP contribution in [-0.2, 0) is 12.6 Å². The molecule has 0 aliphatic carbocycles. The van der Waals surface area contributed by atoms with E-state index in [4.69, 9.17) is 4.74 Å². The number of aromatic nitrogens is 2. The van der Waals surface area contributed by atoms with Gasteiger partial charge in [-0.15, -0.1) is 11.3 Å². The lowest BCUT2D eigenvalue weighted by atomic mass is 9.98. The zero-order valence-corrected chi connectivity index (χ0v) is 22.2. The van der Waals surface area contributed by atoms with Crippen LogP contribution in [0.1, 0.15) is 58.9 Å². The number of pyridine rings is 1. The highest BCUT2D eigenvalue weighted by molar-refractivity contribution is 7.16. The average Bonchev–Trinajstić information content (AvgIpc) is 3.40. The van der Waals surface area contributed by atoms with Crippen molar-refractivity contribution >= 4 is 28.1 Å². The number of hydrogen-bond donors (Lipinski definition) is 3. The molecule has 0 saturated heterocycles. The zero-order valence-electron chi connectivity index (χ0n) is 21.4. The first kappa shape index (κ1) is 25.7. The number of halogens is 1. The van der Waals surface area contributed by atoms with Crippen LogP contribution in [0, 0.1) is 19.7 Å². The average molecular weight is 512 g/mol. The number of rotatable bonds is 6. The van der Waals surface area contributed by atoms with Crippen LogP contribution in [0.5, 0.6) is 5.75 Å². The van der Waals surface area contributed by atoms with Gasteiger partial charge in [0.25, 0.3) is 11.5 Å². The minimum Gasteiger partial charge on any atom is -0.484 e. The van der Waals surface area contributed by atoms with Gasteiger partial charge in [0.1, 0.15) is 28.9 Å². The number of fused-ring (bicyclic) bond motifs is 1. The number of carbonyl (C=O) groups excluding carboxylic acids is 1. The summed E-state index contributed by atoms with van der Waals surface area (Å²) in [5, 5.41) is 13.9. The number of aryl methyl sites for hydroxylation is 3. The van der Waals surface area contributed by atoms with Gasteiger partial charge in [0, 0.05) is 36.1 Å². The Morgan fingerprint density at radius 2 is 1.86 bits per heavy atom. The number of hydrogen-bond acceptors (Lipinski definition) is 5. The highest BCUT2D eigenvalue weighted by atomic mass is 32.1. The minimum absolute atomic E-state index is 0.267. The number of carbonyl (C=O) groups is 1. The molecule has 0 aliphatic heterocycles. The second-order valence-electron chi connectivity index (χ2n) is 9.59. The molecule has 3 heterocycles. The fraction of sp³-hybridized carbons (Fsp3) is 0.333. The van der Waals surface area contributed by atoms with Gasteiger partial charge in [0.05, 0.1) is 10.5 Å². The zero-order chi connectivity index (χ0) is 26.5. The molecule has 4 aromatic rings. The van der Waals surface area contributed by atoms with Gasteiger partial charge >= 0.3 is 0 Å². The van der Waals surface area contributed by atoms with E-state index in [2.05, 4.69) is 10.3 Å². The number of thiophene rings is 1. The van der Waals surface area contributed by atoms with Gasteiger partial charge < -0.3 is 24.7 Å². The van der Waals surface area contributed by atoms with Crippen molar-refractivity contribution in [1.29, 1.82) is 0 Å². The molecule has 1 atom stereocenters. The maximum atomic E-state index is 13.9. The number of aliphatic hydroxyl groups is 1. The maximum absolute atomic E-state index is 13.9. The number of ether oxygens (including phenoxy) is 1. The van der Waals surface area contributed by atoms with Crippen LogP contribution >= 0.6 is 11.3 Å². The summed E-state index contributed by atoms with van der Waals surface area (Å²) in [6.07, 6.45) is 1.29. The molecule has 3 N–H and O–H groups in total. The third-order valence-corrected chi connectivity index (χ3v) is 7.71. The SMILES string of the molecule is CNC(=O)c1cc2c(-c3sc(C(C)(C)O)cc3OC(C)c3c(C)cc(F)cc3C)cn(C)c(=O)c2[nH]1. The number of aromatic amines is 1. The maximum Gasteiger partial charge on any atom is 0.274 e. The lowest BCUT2D eigenvalue weighted by Gasteiger charge is -2.20. The van der Waals surface area contributed by atoms with E-state index in [-0.39, 0.29) is 23.0 Å². The third kappa shape index (κ3) is 4.56. The minimum atomic E-state index is -1.13. The van der Waals surface area contributed by atoms with E-state index in [9.17, 15) is 19.1 Å². The summed E-state index contributed by atoms with van der Waals surface area (Å²) in [4.78, 5) is 29.5. The van der Waals surface area contributed by atoms with Crippen molar-refractivity contribution in [1.82, 2.24) is 14.9 Å². The molecule has 0 radical (unpaired) electrons. The molecule has 3 aromatic heterocycles. The Balaban J connectivity index is 1.92. The molecular weight excluding hydrogens is 481 g/mol. The van der Waals surface area contributed by atoms with Crippen molar-refractivity contribution < 1.29 is 19.0 Å². The molecule has 1 amide bonds. The highest BCUT2D eigenvalue weighted by Gasteiger charge is 2.27. The quantitative estimate of drug-likeness (QED) is 0.336. The van der Waals surface area contributed by atoms with Crippen LogP contribution in [0.25, 0.3) is 21.3 Å². The van der Waals surface area contributed by atoms with E-state index in [1.807, 2.05) is 20.8 Å². The van der Waals surface area contributed by atoms with Gasteiger partial charge in [-0.25, -0.2) is 4.39 Å². The Morgan fingerprint density at radius 3 is 2.44 bits per heavy atom. The van der Waals surface area contributed by atoms with E-state index in [0.717, 1.165) is 16.7 Å². The van der Waals surface area contributed by atoms with Gasteiger partial charge in [0.2, 0.25) is 0 Å². The molecule has 0 bridgehead atoms. The molecule has 0 aliphatic rings. The van der Waals surface area contributed by atoms with Crippen LogP contribution in [0.3, 0.4) is 0 Å². The summed E-state index contributed by atoms with van der Waals surface area (Å²) in [5.74, 6) is -0.112. The van der Waals surface area contributed by atoms with Crippen LogP contribution in [0.2, 0.25) is 0 Å². The summed E-state index contributed by atoms with van der Waals surface area (Å²) >= 11 is 1.36. The molecule has 4 rings (SSSR count). The normalized spacial score (nSPS) is 12.7. The van der Waals surface area contributed by atoms with E-state index in [0.29, 0.717) is 32.0 Å². The summed E-state index contributed by atoms with van der Waals surface area (Å²) < 4.78 is 21.8. The summed E-state index contributed by atoms with van der Waals surface area (Å²) in [7, 11) is 3.17. The van der Waals surface area contributed by atoms with Gasteiger partial charge in [-0.3, -0.25) is 9.59 Å². The third-order valence-electron chi connectivity index (χ3n) is 6.25. The fourth-order valence-corrected chi connectivity index (χ4v) is 5.65. The first-order valence-corrected chi connectivity index (χ1v) is 12.4. The Labute approximate surface area is 212 Å². The lowest BCUT2D eigenvalue weighted by molar-refractivity contribution is 0.0821. The van der Waals surface area contributed by atoms with Crippen LogP contribution < -0.4 is 15.6 Å². The molecular formula is C27H30FN3O4S. The van der Waals surface area contributed by atoms with Gasteiger partial charge in [-0.2, -0.15) is 0 Å². The molecule has 190 valence electrons. The highest BCUT2D eigenvalue weighted by Crippen LogP contribution is 2.46. The Bertz CT molecular complexity index is 1520. The number of benzene rings is 1. The standard InChI is InChI=1S/C27H30FN3O4S/c1-13-8-16(28)9-14(2)22(13)15(3)35-20-11-21(27(4,5)34)36-24(20)18-12-31(7)26(33)23-17(18)10-19(30-23)25(32)29-6/h8-12,15,30,34H,1-7H3,(H,29,32). The second kappa shape index (κ2) is 9.22. The Hall–Kier alpha value is -3.43. The number of nitrogens with one attached hydrogen (secondary N) is 2. The summed E-state index contributed by atoms with van der Waals surface area (Å²) in [6, 6.07) is 6.41. The summed E-state index contributed by atoms with van der Waals surface area (Å²) in [6.45, 7) is 8.98. The van der Waals surface area contributed by atoms with Crippen molar-refractivity contribution in [2.24, 2.45) is 7.05 Å². The second-order valence-corrected chi connectivity index (χ2v) is 10.6. The van der Waals surface area contributed by atoms with Crippen LogP contribution in [0.4, 0.5) is 4.39 Å². The smallest absolute Gasteiger partial charge is 0.274 e. The molecule has 0 spiro atoms. The predicted octanol–water partition coefficient (Wildman–Crippen LogP) is 5.08. The predicted molar refractivity (Wildman–Crippen MR) is 140 cm³/mol. The van der Waals surface area contributed by atoms with Crippen molar-refractivity contribution in [2.75, 3.05) is 7.05 Å². The molecule has 0 fully saturated rings. The fourth-order valence-electron chi connectivity index (χ4n) is 4.54. The molecule has 36 heavy (non-hydrogen) atoms. The first-order chi connectivity index (χ1) is 16.8. The van der Waals surface area contributed by atoms with Crippen molar-refractivity contribution in [2.45, 2.75) is 46.3 Å². The Morgan fingerprint density at radius 1 is 1.22 bits per heavy atom. The van der Waals surface area contributed by atoms with Gasteiger partial charge in [-0.1, -0.05) is 0 Å². The van der Waals surface area contributed by atoms with Crippen molar-refractivity contribution in [3.63, 3.8) is 0 Å². The Kier molecular flexibility index (Phi) is 6.57. The molecule has 7 nitrogen and oxygen atoms in total. The molecule has 1 unspecified atom stereocenters. The van der Waals surface area contributed by atoms with Crippen LogP contribution in [-0.4, -0.2) is 27.6 Å². The summed E-state index contributed by atoms with van der Waals surface area (Å²) in [5.41, 5.74) is 2.31. The number of nitrogens with zero attached hydrogens (tertiary/aromatic N) is 1. The van der Waals surface area contributed by atoms with E-state index < -0.39 is 11.7 Å². The topological polar surface area (TPSA) is 96.3 Å². The lowest BCUT2D eigenvalue weighted by Crippen LogP contribution is -2.19. The molecule has 0 saturated carbocycles. The van der Waals surface area contributed by atoms with E-state index in [1.54, 1.807) is 39.2 Å². The molecule has 9 heteroatoms. The number of amides is 1. The van der Waals surface area contributed by atoms with Crippen molar-refractivity contribution in [3.8, 4) is 16.2 Å². The first-order valence-electron chi connectivity index (χ1n) is 11.6.